The highest BCUT2D eigenvalue weighted by atomic mass is 28.4. The molecular formula is C38H79NO4Si. The van der Waals surface area contributed by atoms with Gasteiger partial charge in [-0.25, -0.2) is 0 Å². The lowest BCUT2D eigenvalue weighted by Crippen LogP contribution is -2.41. The molecule has 5 nitrogen and oxygen atoms in total. The van der Waals surface area contributed by atoms with Crippen molar-refractivity contribution in [2.75, 3.05) is 39.5 Å². The van der Waals surface area contributed by atoms with Gasteiger partial charge < -0.3 is 19.2 Å². The molecule has 0 aliphatic rings. The van der Waals surface area contributed by atoms with E-state index in [9.17, 15) is 4.79 Å². The molecule has 0 bridgehead atoms. The predicted octanol–water partition coefficient (Wildman–Crippen LogP) is 11.1. The molecule has 0 aromatic carbocycles. The number of hydrogen-bond acceptors (Lipinski definition) is 5. The molecule has 0 fully saturated rings. The van der Waals surface area contributed by atoms with Gasteiger partial charge in [-0.05, 0) is 89.1 Å². The van der Waals surface area contributed by atoms with Crippen molar-refractivity contribution in [3.05, 3.63) is 0 Å². The molecule has 0 aromatic rings. The van der Waals surface area contributed by atoms with Crippen molar-refractivity contribution < 1.29 is 19.1 Å². The minimum atomic E-state index is -1.65. The smallest absolute Gasteiger partial charge is 0.308 e. The number of nitrogens with zero attached hydrogens (tertiary/aromatic N) is 1. The van der Waals surface area contributed by atoms with Gasteiger partial charge >= 0.3 is 5.97 Å². The van der Waals surface area contributed by atoms with Crippen molar-refractivity contribution in [3.8, 4) is 0 Å². The summed E-state index contributed by atoms with van der Waals surface area (Å²) >= 11 is 0. The zero-order chi connectivity index (χ0) is 32.9. The Hall–Kier alpha value is -0.433. The number of carbonyl (C=O) groups is 1. The third-order valence-corrected chi connectivity index (χ3v) is 14.3. The van der Waals surface area contributed by atoms with Gasteiger partial charge in [0.05, 0.1) is 12.5 Å². The van der Waals surface area contributed by atoms with Crippen molar-refractivity contribution in [1.82, 2.24) is 4.90 Å². The molecule has 0 saturated carbocycles. The molecule has 0 aliphatic heterocycles. The number of rotatable bonds is 32. The molecule has 0 aromatic heterocycles. The van der Waals surface area contributed by atoms with E-state index in [1.807, 2.05) is 0 Å². The number of aliphatic hydroxyl groups excluding tert-OH is 1. The number of esters is 1. The minimum Gasteiger partial charge on any atom is -0.465 e. The monoisotopic (exact) mass is 642 g/mol. The summed E-state index contributed by atoms with van der Waals surface area (Å²) in [6.45, 7) is 21.4. The third-order valence-electron chi connectivity index (χ3n) is 9.78. The van der Waals surface area contributed by atoms with Crippen molar-refractivity contribution in [2.45, 2.75) is 194 Å². The molecule has 0 saturated heterocycles. The van der Waals surface area contributed by atoms with Gasteiger partial charge in [-0.15, -0.1) is 0 Å². The summed E-state index contributed by atoms with van der Waals surface area (Å²) in [4.78, 5) is 15.6. The van der Waals surface area contributed by atoms with Gasteiger partial charge in [0, 0.05) is 13.2 Å². The summed E-state index contributed by atoms with van der Waals surface area (Å²) < 4.78 is 12.2. The van der Waals surface area contributed by atoms with Gasteiger partial charge in [-0.1, -0.05) is 125 Å². The van der Waals surface area contributed by atoms with Gasteiger partial charge in [0.2, 0.25) is 0 Å². The molecule has 1 atom stereocenters. The fraction of sp³-hybridized carbons (Fsp3) is 0.974. The van der Waals surface area contributed by atoms with E-state index in [1.54, 1.807) is 0 Å². The quantitative estimate of drug-likeness (QED) is 0.0450. The van der Waals surface area contributed by atoms with Crippen LogP contribution >= 0.6 is 0 Å². The molecule has 0 aliphatic carbocycles. The first kappa shape index (κ1) is 43.6. The summed E-state index contributed by atoms with van der Waals surface area (Å²) in [5, 5.41) is 9.36. The van der Waals surface area contributed by atoms with Crippen molar-refractivity contribution >= 4 is 14.3 Å². The maximum absolute atomic E-state index is 12.9. The van der Waals surface area contributed by atoms with Crippen LogP contribution in [0.3, 0.4) is 0 Å². The Balaban J connectivity index is 4.38. The molecule has 44 heavy (non-hydrogen) atoms. The van der Waals surface area contributed by atoms with Gasteiger partial charge in [-0.3, -0.25) is 4.79 Å². The van der Waals surface area contributed by atoms with Crippen LogP contribution < -0.4 is 0 Å². The zero-order valence-corrected chi connectivity index (χ0v) is 32.0. The van der Waals surface area contributed by atoms with E-state index >= 15 is 0 Å². The van der Waals surface area contributed by atoms with E-state index in [0.29, 0.717) is 13.2 Å². The SMILES string of the molecule is CCCCCCCC[C@H](CCCCCC)C(=O)OCCCCCCN(CCCCCCO)CCCCO[Si](C)(C)C(C)(C)C. The number of unbranched alkanes of at least 4 members (excludes halogenated alkanes) is 15. The predicted molar refractivity (Wildman–Crippen MR) is 194 cm³/mol. The van der Waals surface area contributed by atoms with Gasteiger partial charge in [-0.2, -0.15) is 0 Å². The Morgan fingerprint density at radius 1 is 0.636 bits per heavy atom. The van der Waals surface area contributed by atoms with Crippen LogP contribution in [0.5, 0.6) is 0 Å². The largest absolute Gasteiger partial charge is 0.465 e. The van der Waals surface area contributed by atoms with Crippen molar-refractivity contribution in [1.29, 1.82) is 0 Å². The van der Waals surface area contributed by atoms with Crippen LogP contribution in [-0.2, 0) is 14.0 Å². The fourth-order valence-corrected chi connectivity index (χ4v) is 6.66. The molecule has 6 heteroatoms. The number of hydrogen-bond donors (Lipinski definition) is 1. The van der Waals surface area contributed by atoms with Crippen LogP contribution in [0, 0.1) is 5.92 Å². The maximum atomic E-state index is 12.9. The Bertz CT molecular complexity index is 637. The van der Waals surface area contributed by atoms with E-state index in [-0.39, 0.29) is 16.9 Å². The average molecular weight is 642 g/mol. The Labute approximate surface area is 277 Å². The van der Waals surface area contributed by atoms with Crippen LogP contribution in [-0.4, -0.2) is 63.7 Å². The fourth-order valence-electron chi connectivity index (χ4n) is 5.57. The third kappa shape index (κ3) is 24.8. The molecule has 0 spiro atoms. The Kier molecular flexibility index (Phi) is 28.5. The normalized spacial score (nSPS) is 13.1. The lowest BCUT2D eigenvalue weighted by atomic mass is 9.94. The van der Waals surface area contributed by atoms with Crippen LogP contribution in [0.4, 0.5) is 0 Å². The minimum absolute atomic E-state index is 0.0694. The summed E-state index contributed by atoms with van der Waals surface area (Å²) in [6.07, 6.45) is 25.9. The van der Waals surface area contributed by atoms with Crippen molar-refractivity contribution in [2.24, 2.45) is 5.92 Å². The zero-order valence-electron chi connectivity index (χ0n) is 31.0. The molecule has 0 heterocycles. The molecule has 0 rings (SSSR count). The second kappa shape index (κ2) is 28.8. The highest BCUT2D eigenvalue weighted by Gasteiger charge is 2.36. The summed E-state index contributed by atoms with van der Waals surface area (Å²) in [5.74, 6) is 0.177. The molecule has 264 valence electrons. The number of carbonyl (C=O) groups excluding carboxylic acids is 1. The highest BCUT2D eigenvalue weighted by molar-refractivity contribution is 6.74. The van der Waals surface area contributed by atoms with E-state index in [0.717, 1.165) is 77.6 Å². The maximum Gasteiger partial charge on any atom is 0.308 e. The Morgan fingerprint density at radius 3 is 1.61 bits per heavy atom. The van der Waals surface area contributed by atoms with E-state index in [1.165, 1.54) is 89.9 Å². The van der Waals surface area contributed by atoms with Crippen LogP contribution in [0.1, 0.15) is 176 Å². The summed E-state index contributed by atoms with van der Waals surface area (Å²) in [7, 11) is -1.65. The van der Waals surface area contributed by atoms with Crippen LogP contribution in [0.25, 0.3) is 0 Å². The highest BCUT2D eigenvalue weighted by Crippen LogP contribution is 2.36. The average Bonchev–Trinajstić information content (AvgIpc) is 2.97. The van der Waals surface area contributed by atoms with E-state index < -0.39 is 8.32 Å². The van der Waals surface area contributed by atoms with Crippen LogP contribution in [0.2, 0.25) is 18.1 Å². The second-order valence-electron chi connectivity index (χ2n) is 15.0. The number of ether oxygens (including phenoxy) is 1. The molecule has 0 radical (unpaired) electrons. The standard InChI is InChI=1S/C38H79NO4Si/c1-8-10-12-14-15-21-29-36(28-20-13-11-9-2)37(41)42-34-26-19-17-23-31-39(30-22-16-18-25-33-40)32-24-27-35-43-44(6,7)38(3,4)5/h36,40H,8-35H2,1-7H3/t36-/m0/s1. The van der Waals surface area contributed by atoms with E-state index in [4.69, 9.17) is 14.3 Å². The summed E-state index contributed by atoms with van der Waals surface area (Å²) in [5.41, 5.74) is 0. The molecule has 0 unspecified atom stereocenters. The van der Waals surface area contributed by atoms with Gasteiger partial charge in [0.25, 0.3) is 0 Å². The lowest BCUT2D eigenvalue weighted by Gasteiger charge is -2.36. The van der Waals surface area contributed by atoms with Crippen LogP contribution in [0.15, 0.2) is 0 Å². The topological polar surface area (TPSA) is 59.0 Å². The molecule has 1 N–H and O–H groups in total. The Morgan fingerprint density at radius 2 is 1.07 bits per heavy atom. The van der Waals surface area contributed by atoms with Gasteiger partial charge in [0.15, 0.2) is 8.32 Å². The molecule has 0 amide bonds. The first-order valence-electron chi connectivity index (χ1n) is 19.2. The second-order valence-corrected chi connectivity index (χ2v) is 19.8. The summed E-state index contributed by atoms with van der Waals surface area (Å²) in [6, 6.07) is 0. The first-order valence-corrected chi connectivity index (χ1v) is 22.1. The lowest BCUT2D eigenvalue weighted by molar-refractivity contribution is -0.149. The van der Waals surface area contributed by atoms with Gasteiger partial charge in [0.1, 0.15) is 0 Å². The number of aliphatic hydroxyl groups is 1. The first-order chi connectivity index (χ1) is 21.1. The molecular weight excluding hydrogens is 563 g/mol. The van der Waals surface area contributed by atoms with Crippen molar-refractivity contribution in [3.63, 3.8) is 0 Å². The van der Waals surface area contributed by atoms with E-state index in [2.05, 4.69) is 52.6 Å².